The number of alkyl halides is 3. The van der Waals surface area contributed by atoms with Crippen molar-refractivity contribution in [1.82, 2.24) is 10.2 Å². The number of nitrogens with one attached hydrogen (secondary N) is 2. The van der Waals surface area contributed by atoms with E-state index in [9.17, 15) is 27.9 Å². The molecule has 1 aromatic rings. The van der Waals surface area contributed by atoms with Gasteiger partial charge in [0.1, 0.15) is 5.82 Å². The quantitative estimate of drug-likeness (QED) is 0.797. The molecule has 7 nitrogen and oxygen atoms in total. The molecular formula is C12H15F3N4O3. The van der Waals surface area contributed by atoms with Crippen molar-refractivity contribution in [2.24, 2.45) is 0 Å². The summed E-state index contributed by atoms with van der Waals surface area (Å²) in [6.45, 7) is 0. The lowest BCUT2D eigenvalue weighted by Crippen LogP contribution is -2.41. The average molecular weight is 320 g/mol. The number of hydrogen-bond acceptors (Lipinski definition) is 3. The Balaban J connectivity index is 2.13. The van der Waals surface area contributed by atoms with E-state index < -0.39 is 18.2 Å². The van der Waals surface area contributed by atoms with Crippen molar-refractivity contribution in [3.05, 3.63) is 6.07 Å². The maximum Gasteiger partial charge on any atom is 0.471 e. The van der Waals surface area contributed by atoms with Gasteiger partial charge in [0, 0.05) is 12.1 Å². The van der Waals surface area contributed by atoms with Crippen molar-refractivity contribution in [1.29, 1.82) is 0 Å². The molecule has 2 rings (SSSR count). The zero-order valence-corrected chi connectivity index (χ0v) is 11.5. The van der Waals surface area contributed by atoms with Crippen LogP contribution in [0.25, 0.3) is 0 Å². The van der Waals surface area contributed by atoms with Crippen molar-refractivity contribution in [2.45, 2.75) is 44.3 Å². The number of aromatic amines is 1. The number of carbonyl (C=O) groups excluding carboxylic acids is 1. The first-order valence-corrected chi connectivity index (χ1v) is 6.75. The number of anilines is 2. The second-order valence-electron chi connectivity index (χ2n) is 5.03. The van der Waals surface area contributed by atoms with E-state index in [4.69, 9.17) is 0 Å². The van der Waals surface area contributed by atoms with Gasteiger partial charge in [-0.3, -0.25) is 14.8 Å². The van der Waals surface area contributed by atoms with Crippen LogP contribution in [-0.4, -0.2) is 39.5 Å². The van der Waals surface area contributed by atoms with E-state index in [0.717, 1.165) is 30.2 Å². The van der Waals surface area contributed by atoms with E-state index >= 15 is 0 Å². The van der Waals surface area contributed by atoms with E-state index in [1.807, 2.05) is 0 Å². The van der Waals surface area contributed by atoms with Gasteiger partial charge >= 0.3 is 18.2 Å². The van der Waals surface area contributed by atoms with Gasteiger partial charge in [-0.05, 0) is 12.8 Å². The summed E-state index contributed by atoms with van der Waals surface area (Å²) in [6, 6.07) is 0.824. The molecule has 1 heterocycles. The van der Waals surface area contributed by atoms with Gasteiger partial charge in [-0.1, -0.05) is 19.3 Å². The highest BCUT2D eigenvalue weighted by Gasteiger charge is 2.39. The predicted octanol–water partition coefficient (Wildman–Crippen LogP) is 2.73. The minimum Gasteiger partial charge on any atom is -0.465 e. The highest BCUT2D eigenvalue weighted by molar-refractivity contribution is 5.95. The Kier molecular flexibility index (Phi) is 4.57. The van der Waals surface area contributed by atoms with Gasteiger partial charge in [-0.2, -0.15) is 18.3 Å². The van der Waals surface area contributed by atoms with Gasteiger partial charge in [0.2, 0.25) is 0 Å². The molecule has 10 heteroatoms. The molecule has 122 valence electrons. The largest absolute Gasteiger partial charge is 0.471 e. The number of rotatable bonds is 3. The first-order chi connectivity index (χ1) is 10.3. The number of amides is 2. The SMILES string of the molecule is O=C(O)N(c1cc(NC(=O)C(F)(F)F)n[nH]1)C1CCCCC1. The fourth-order valence-corrected chi connectivity index (χ4v) is 2.48. The summed E-state index contributed by atoms with van der Waals surface area (Å²) in [5, 5.41) is 16.7. The van der Waals surface area contributed by atoms with Gasteiger partial charge < -0.3 is 10.4 Å². The minimum absolute atomic E-state index is 0.0388. The van der Waals surface area contributed by atoms with Crippen LogP contribution in [0.5, 0.6) is 0 Å². The second kappa shape index (κ2) is 6.24. The Morgan fingerprint density at radius 2 is 1.95 bits per heavy atom. The molecule has 1 aliphatic rings. The van der Waals surface area contributed by atoms with Crippen molar-refractivity contribution in [2.75, 3.05) is 10.2 Å². The van der Waals surface area contributed by atoms with Crippen molar-refractivity contribution < 1.29 is 27.9 Å². The Hall–Kier alpha value is -2.26. The third-order valence-corrected chi connectivity index (χ3v) is 3.47. The van der Waals surface area contributed by atoms with Gasteiger partial charge in [0.15, 0.2) is 5.82 Å². The molecule has 0 bridgehead atoms. The summed E-state index contributed by atoms with van der Waals surface area (Å²) in [4.78, 5) is 23.3. The fraction of sp³-hybridized carbons (Fsp3) is 0.583. The summed E-state index contributed by atoms with van der Waals surface area (Å²) in [6.07, 6.45) is -2.09. The Morgan fingerprint density at radius 1 is 1.32 bits per heavy atom. The molecule has 0 aliphatic heterocycles. The van der Waals surface area contributed by atoms with E-state index in [1.165, 1.54) is 0 Å². The van der Waals surface area contributed by atoms with E-state index in [2.05, 4.69) is 10.2 Å². The number of carboxylic acid groups (broad SMARTS) is 1. The summed E-state index contributed by atoms with van der Waals surface area (Å²) in [5.74, 6) is -2.50. The lowest BCUT2D eigenvalue weighted by Gasteiger charge is -2.30. The Labute approximate surface area is 123 Å². The number of hydrogen-bond donors (Lipinski definition) is 3. The summed E-state index contributed by atoms with van der Waals surface area (Å²) >= 11 is 0. The zero-order valence-electron chi connectivity index (χ0n) is 11.5. The molecule has 1 aliphatic carbocycles. The van der Waals surface area contributed by atoms with E-state index in [0.29, 0.717) is 12.8 Å². The summed E-state index contributed by atoms with van der Waals surface area (Å²) in [5.41, 5.74) is 0. The molecule has 1 fully saturated rings. The number of halogens is 3. The number of carbonyl (C=O) groups is 2. The average Bonchev–Trinajstić information content (AvgIpc) is 2.87. The molecule has 0 atom stereocenters. The molecule has 1 saturated carbocycles. The van der Waals surface area contributed by atoms with Crippen LogP contribution in [0.15, 0.2) is 6.07 Å². The topological polar surface area (TPSA) is 98.3 Å². The first-order valence-electron chi connectivity index (χ1n) is 6.75. The number of H-pyrrole nitrogens is 1. The lowest BCUT2D eigenvalue weighted by molar-refractivity contribution is -0.167. The van der Waals surface area contributed by atoms with Gasteiger partial charge in [-0.15, -0.1) is 0 Å². The molecule has 0 spiro atoms. The highest BCUT2D eigenvalue weighted by atomic mass is 19.4. The lowest BCUT2D eigenvalue weighted by atomic mass is 9.94. The Morgan fingerprint density at radius 3 is 2.50 bits per heavy atom. The van der Waals surface area contributed by atoms with Crippen LogP contribution < -0.4 is 10.2 Å². The summed E-state index contributed by atoms with van der Waals surface area (Å²) < 4.78 is 36.5. The molecule has 3 N–H and O–H groups in total. The smallest absolute Gasteiger partial charge is 0.465 e. The van der Waals surface area contributed by atoms with Crippen molar-refractivity contribution in [3.8, 4) is 0 Å². The number of aromatic nitrogens is 2. The maximum absolute atomic E-state index is 12.2. The molecule has 22 heavy (non-hydrogen) atoms. The third kappa shape index (κ3) is 3.68. The normalized spacial score (nSPS) is 16.3. The van der Waals surface area contributed by atoms with Crippen LogP contribution in [0.2, 0.25) is 0 Å². The second-order valence-corrected chi connectivity index (χ2v) is 5.03. The predicted molar refractivity (Wildman–Crippen MR) is 70.6 cm³/mol. The van der Waals surface area contributed by atoms with Crippen molar-refractivity contribution in [3.63, 3.8) is 0 Å². The maximum atomic E-state index is 12.2. The molecule has 0 saturated heterocycles. The standard InChI is InChI=1S/C12H15F3N4O3/c13-12(14,15)10(20)16-8-6-9(18-17-8)19(11(21)22)7-4-2-1-3-5-7/h6-7H,1-5H2,(H,21,22)(H2,16,17,18,20). The van der Waals surface area contributed by atoms with E-state index in [1.54, 1.807) is 5.32 Å². The zero-order chi connectivity index (χ0) is 16.3. The van der Waals surface area contributed by atoms with E-state index in [-0.39, 0.29) is 17.7 Å². The fourth-order valence-electron chi connectivity index (χ4n) is 2.48. The molecule has 2 amide bonds. The monoisotopic (exact) mass is 320 g/mol. The Bertz CT molecular complexity index is 552. The summed E-state index contributed by atoms with van der Waals surface area (Å²) in [7, 11) is 0. The van der Waals surface area contributed by atoms with Crippen LogP contribution in [0.1, 0.15) is 32.1 Å². The number of nitrogens with zero attached hydrogens (tertiary/aromatic N) is 2. The molecule has 0 radical (unpaired) electrons. The van der Waals surface area contributed by atoms with Crippen molar-refractivity contribution >= 4 is 23.6 Å². The van der Waals surface area contributed by atoms with Crippen LogP contribution >= 0.6 is 0 Å². The molecule has 0 aromatic carbocycles. The molecule has 1 aromatic heterocycles. The van der Waals surface area contributed by atoms with Crippen LogP contribution in [0, 0.1) is 0 Å². The van der Waals surface area contributed by atoms with Gasteiger partial charge in [0.05, 0.1) is 0 Å². The van der Waals surface area contributed by atoms with Gasteiger partial charge in [0.25, 0.3) is 0 Å². The van der Waals surface area contributed by atoms with Crippen LogP contribution in [0.4, 0.5) is 29.6 Å². The minimum atomic E-state index is -5.03. The molecule has 0 unspecified atom stereocenters. The first kappa shape index (κ1) is 16.1. The third-order valence-electron chi connectivity index (χ3n) is 3.47. The van der Waals surface area contributed by atoms with Crippen LogP contribution in [-0.2, 0) is 4.79 Å². The molecular weight excluding hydrogens is 305 g/mol. The van der Waals surface area contributed by atoms with Crippen LogP contribution in [0.3, 0.4) is 0 Å². The van der Waals surface area contributed by atoms with Gasteiger partial charge in [-0.25, -0.2) is 4.79 Å². The highest BCUT2D eigenvalue weighted by Crippen LogP contribution is 2.28.